The second kappa shape index (κ2) is 7.80. The zero-order valence-corrected chi connectivity index (χ0v) is 22.6. The molecule has 10 heteroatoms. The summed E-state index contributed by atoms with van der Waals surface area (Å²) in [6.45, 7) is 2.11. The maximum absolute atomic E-state index is 13.7. The minimum atomic E-state index is -0.171. The molecule has 0 bridgehead atoms. The van der Waals surface area contributed by atoms with E-state index in [1.165, 1.54) is 21.7 Å². The van der Waals surface area contributed by atoms with Gasteiger partial charge in [-0.3, -0.25) is 0 Å². The van der Waals surface area contributed by atoms with Gasteiger partial charge in [0.2, 0.25) is 0 Å². The van der Waals surface area contributed by atoms with Crippen LogP contribution in [0.3, 0.4) is 0 Å². The van der Waals surface area contributed by atoms with Gasteiger partial charge in [0, 0.05) is 51.2 Å². The van der Waals surface area contributed by atoms with Gasteiger partial charge in [-0.05, 0) is 33.5 Å². The van der Waals surface area contributed by atoms with E-state index in [1.54, 1.807) is 34.8 Å². The molecule has 5 rings (SSSR count). The molecule has 0 saturated carbocycles. The van der Waals surface area contributed by atoms with Crippen LogP contribution in [0.25, 0.3) is 39.7 Å². The number of hydrogen-bond donors (Lipinski definition) is 0. The molecule has 0 aliphatic carbocycles. The Morgan fingerprint density at radius 3 is 1.83 bits per heavy atom. The molecule has 0 fully saturated rings. The Hall–Kier alpha value is -0.0951. The van der Waals surface area contributed by atoms with Crippen molar-refractivity contribution >= 4 is 125 Å². The summed E-state index contributed by atoms with van der Waals surface area (Å²) in [5, 5.41) is -0.308. The molecule has 146 valence electrons. The summed E-state index contributed by atoms with van der Waals surface area (Å²) in [5.41, 5.74) is 3.32. The van der Waals surface area contributed by atoms with Crippen LogP contribution in [0.5, 0.6) is 0 Å². The van der Waals surface area contributed by atoms with Crippen LogP contribution in [0.2, 0.25) is 6.82 Å². The standard InChI is InChI=1S/C19H8BBr3F2S4/c1-20-14-16(26-10-4-12(24)28-18(10)14)6-2-9(22)7(3-8(6)21)17-15(23)19-11(27-17)5-13(25)29-19/h2-5,20H,1H3. The molecule has 0 amide bonds. The fourth-order valence-corrected chi connectivity index (χ4v) is 10.4. The number of hydrogen-bond acceptors (Lipinski definition) is 4. The zero-order chi connectivity index (χ0) is 20.4. The third-order valence-electron chi connectivity index (χ3n) is 4.61. The van der Waals surface area contributed by atoms with Gasteiger partial charge in [-0.2, -0.15) is 8.78 Å². The molecule has 0 spiro atoms. The summed E-state index contributed by atoms with van der Waals surface area (Å²) < 4.78 is 34.1. The first-order valence-electron chi connectivity index (χ1n) is 8.45. The lowest BCUT2D eigenvalue weighted by Crippen LogP contribution is -2.10. The van der Waals surface area contributed by atoms with Crippen molar-refractivity contribution in [3.05, 3.63) is 47.9 Å². The maximum atomic E-state index is 13.7. The molecule has 0 radical (unpaired) electrons. The Morgan fingerprint density at radius 1 is 0.724 bits per heavy atom. The van der Waals surface area contributed by atoms with Gasteiger partial charge in [-0.1, -0.05) is 38.7 Å². The summed E-state index contributed by atoms with van der Waals surface area (Å²) >= 11 is 16.7. The molecule has 0 saturated heterocycles. The Bertz CT molecular complexity index is 1410. The van der Waals surface area contributed by atoms with Crippen LogP contribution in [0.15, 0.2) is 37.7 Å². The van der Waals surface area contributed by atoms with E-state index >= 15 is 0 Å². The summed E-state index contributed by atoms with van der Waals surface area (Å²) in [6.07, 6.45) is 0. The lowest BCUT2D eigenvalue weighted by molar-refractivity contribution is 0.658. The maximum Gasteiger partial charge on any atom is 0.178 e. The molecular formula is C19H8BBr3F2S4. The third-order valence-corrected chi connectivity index (χ3v) is 11.8. The predicted octanol–water partition coefficient (Wildman–Crippen LogP) is 9.25. The van der Waals surface area contributed by atoms with E-state index in [2.05, 4.69) is 66.7 Å². The fraction of sp³-hybridized carbons (Fsp3) is 0.0526. The van der Waals surface area contributed by atoms with Crippen molar-refractivity contribution in [3.63, 3.8) is 0 Å². The average Bonchev–Trinajstić information content (AvgIpc) is 3.37. The molecule has 0 nitrogen and oxygen atoms in total. The van der Waals surface area contributed by atoms with Gasteiger partial charge in [-0.25, -0.2) is 0 Å². The number of thiophene rings is 4. The van der Waals surface area contributed by atoms with Crippen LogP contribution in [0, 0.1) is 10.3 Å². The molecule has 0 atom stereocenters. The van der Waals surface area contributed by atoms with Gasteiger partial charge < -0.3 is 0 Å². The van der Waals surface area contributed by atoms with Crippen molar-refractivity contribution in [2.45, 2.75) is 6.82 Å². The van der Waals surface area contributed by atoms with E-state index < -0.39 is 0 Å². The van der Waals surface area contributed by atoms with Crippen LogP contribution >= 0.6 is 93.1 Å². The summed E-state index contributed by atoms with van der Waals surface area (Å²) in [4.78, 5) is 2.23. The summed E-state index contributed by atoms with van der Waals surface area (Å²) in [7, 11) is 0.847. The van der Waals surface area contributed by atoms with Crippen LogP contribution in [-0.2, 0) is 0 Å². The molecule has 0 aliphatic heterocycles. The van der Waals surface area contributed by atoms with Crippen LogP contribution in [-0.4, -0.2) is 7.28 Å². The Kier molecular flexibility index (Phi) is 5.59. The minimum absolute atomic E-state index is 0.137. The Balaban J connectivity index is 1.68. The topological polar surface area (TPSA) is 0 Å². The summed E-state index contributed by atoms with van der Waals surface area (Å²) in [6, 6.07) is 7.43. The molecule has 0 unspecified atom stereocenters. The number of fused-ring (bicyclic) bond motifs is 2. The van der Waals surface area contributed by atoms with E-state index in [9.17, 15) is 8.78 Å². The molecule has 5 aromatic rings. The largest absolute Gasteiger partial charge is 0.195 e. The highest BCUT2D eigenvalue weighted by atomic mass is 79.9. The quantitative estimate of drug-likeness (QED) is 0.171. The van der Waals surface area contributed by atoms with Gasteiger partial charge in [0.15, 0.2) is 17.5 Å². The fourth-order valence-electron chi connectivity index (χ4n) is 3.35. The van der Waals surface area contributed by atoms with Gasteiger partial charge in [-0.15, -0.1) is 45.3 Å². The van der Waals surface area contributed by atoms with Crippen molar-refractivity contribution < 1.29 is 8.78 Å². The first-order chi connectivity index (χ1) is 13.9. The van der Waals surface area contributed by atoms with Gasteiger partial charge in [0.25, 0.3) is 0 Å². The van der Waals surface area contributed by atoms with E-state index in [4.69, 9.17) is 0 Å². The van der Waals surface area contributed by atoms with Gasteiger partial charge >= 0.3 is 0 Å². The Labute approximate surface area is 207 Å². The van der Waals surface area contributed by atoms with Crippen LogP contribution in [0.4, 0.5) is 8.78 Å². The molecule has 4 heterocycles. The van der Waals surface area contributed by atoms with Crippen molar-refractivity contribution in [1.29, 1.82) is 0 Å². The normalized spacial score (nSPS) is 11.8. The zero-order valence-electron chi connectivity index (χ0n) is 14.5. The second-order valence-corrected chi connectivity index (χ2v) is 12.9. The molecule has 4 aromatic heterocycles. The highest BCUT2D eigenvalue weighted by Crippen LogP contribution is 2.49. The van der Waals surface area contributed by atoms with Crippen molar-refractivity contribution in [2.75, 3.05) is 0 Å². The molecular weight excluding hydrogens is 645 g/mol. The molecule has 1 aromatic carbocycles. The first kappa shape index (κ1) is 20.8. The van der Waals surface area contributed by atoms with Crippen LogP contribution < -0.4 is 5.46 Å². The summed E-state index contributed by atoms with van der Waals surface area (Å²) in [5.74, 6) is 0. The molecule has 29 heavy (non-hydrogen) atoms. The third kappa shape index (κ3) is 3.43. The van der Waals surface area contributed by atoms with Crippen molar-refractivity contribution in [1.82, 2.24) is 0 Å². The average molecular weight is 653 g/mol. The highest BCUT2D eigenvalue weighted by Gasteiger charge is 2.21. The predicted molar refractivity (Wildman–Crippen MR) is 139 cm³/mol. The van der Waals surface area contributed by atoms with E-state index in [1.807, 2.05) is 0 Å². The molecule has 0 aliphatic rings. The van der Waals surface area contributed by atoms with Gasteiger partial charge in [0.05, 0.1) is 14.0 Å². The highest BCUT2D eigenvalue weighted by molar-refractivity contribution is 9.11. The lowest BCUT2D eigenvalue weighted by atomic mass is 9.72. The lowest BCUT2D eigenvalue weighted by Gasteiger charge is -2.10. The molecule has 0 N–H and O–H groups in total. The van der Waals surface area contributed by atoms with E-state index in [-0.39, 0.29) is 10.3 Å². The first-order valence-corrected chi connectivity index (χ1v) is 14.1. The smallest absolute Gasteiger partial charge is 0.178 e. The second-order valence-electron chi connectivity index (χ2n) is 6.31. The number of benzene rings is 1. The van der Waals surface area contributed by atoms with E-state index in [0.717, 1.165) is 66.8 Å². The number of rotatable bonds is 3. The SMILES string of the molecule is CBc1c(-c2cc(Br)c(-c3sc4cc(F)sc4c3Br)cc2Br)sc2cc(F)sc12. The number of halogens is 5. The minimum Gasteiger partial charge on any atom is -0.195 e. The van der Waals surface area contributed by atoms with Crippen LogP contribution in [0.1, 0.15) is 0 Å². The van der Waals surface area contributed by atoms with Gasteiger partial charge in [0.1, 0.15) is 0 Å². The van der Waals surface area contributed by atoms with E-state index in [0.29, 0.717) is 0 Å². The van der Waals surface area contributed by atoms with Crippen molar-refractivity contribution in [3.8, 4) is 20.9 Å². The Morgan fingerprint density at radius 2 is 1.24 bits per heavy atom. The van der Waals surface area contributed by atoms with Crippen molar-refractivity contribution in [2.24, 2.45) is 0 Å². The monoisotopic (exact) mass is 650 g/mol.